The molecule has 2 amide bonds. The number of nitrogens with one attached hydrogen (secondary N) is 2. The molecule has 0 saturated carbocycles. The number of alkyl halides is 2. The van der Waals surface area contributed by atoms with Gasteiger partial charge in [0.25, 0.3) is 0 Å². The van der Waals surface area contributed by atoms with Crippen molar-refractivity contribution in [3.63, 3.8) is 0 Å². The molecule has 0 radical (unpaired) electrons. The van der Waals surface area contributed by atoms with Gasteiger partial charge in [-0.05, 0) is 12.5 Å². The molecule has 0 heterocycles. The number of hydrogen-bond acceptors (Lipinski definition) is 3. The summed E-state index contributed by atoms with van der Waals surface area (Å²) in [7, 11) is -0.989. The highest BCUT2D eigenvalue weighted by molar-refractivity contribution is 7.84. The second-order valence-corrected chi connectivity index (χ2v) is 6.11. The molecule has 1 rings (SSSR count). The second kappa shape index (κ2) is 9.34. The third kappa shape index (κ3) is 6.38. The molecular weight excluding hydrogens is 314 g/mol. The Morgan fingerprint density at radius 2 is 2.05 bits per heavy atom. The number of carbonyl (C=O) groups excluding carboxylic acids is 1. The van der Waals surface area contributed by atoms with Crippen molar-refractivity contribution < 1.29 is 22.5 Å². The van der Waals surface area contributed by atoms with Gasteiger partial charge in [-0.3, -0.25) is 4.21 Å². The third-order valence-corrected chi connectivity index (χ3v) is 3.68. The highest BCUT2D eigenvalue weighted by Crippen LogP contribution is 2.28. The number of ether oxygens (including phenoxy) is 1. The number of benzene rings is 1. The molecule has 0 aliphatic heterocycles. The molecule has 2 N–H and O–H groups in total. The number of amides is 2. The standard InChI is InChI=1S/C14H20F2N2O3S/c1-3-11(18-14(19)17-8-9-22(2)20)10-6-4-5-7-12(10)21-13(15)16/h4-7,11,13H,3,8-9H2,1-2H3,(H2,17,18,19)/t11-,22+/m1/s1. The van der Waals surface area contributed by atoms with Gasteiger partial charge in [-0.15, -0.1) is 0 Å². The maximum absolute atomic E-state index is 12.4. The van der Waals surface area contributed by atoms with Crippen LogP contribution >= 0.6 is 0 Å². The number of urea groups is 1. The highest BCUT2D eigenvalue weighted by atomic mass is 32.2. The van der Waals surface area contributed by atoms with Gasteiger partial charge in [-0.2, -0.15) is 8.78 Å². The molecule has 22 heavy (non-hydrogen) atoms. The maximum atomic E-state index is 12.4. The lowest BCUT2D eigenvalue weighted by Gasteiger charge is -2.20. The van der Waals surface area contributed by atoms with E-state index in [1.54, 1.807) is 24.5 Å². The van der Waals surface area contributed by atoms with E-state index < -0.39 is 29.5 Å². The fourth-order valence-electron chi connectivity index (χ4n) is 1.89. The minimum Gasteiger partial charge on any atom is -0.434 e. The smallest absolute Gasteiger partial charge is 0.387 e. The van der Waals surface area contributed by atoms with Gasteiger partial charge >= 0.3 is 12.6 Å². The molecule has 0 aliphatic rings. The van der Waals surface area contributed by atoms with Crippen LogP contribution in [0.15, 0.2) is 24.3 Å². The normalized spacial score (nSPS) is 13.5. The summed E-state index contributed by atoms with van der Waals surface area (Å²) in [4.78, 5) is 11.8. The molecule has 2 atom stereocenters. The van der Waals surface area contributed by atoms with E-state index >= 15 is 0 Å². The Kier molecular flexibility index (Phi) is 7.79. The summed E-state index contributed by atoms with van der Waals surface area (Å²) in [6.45, 7) is -0.821. The molecule has 0 fully saturated rings. The summed E-state index contributed by atoms with van der Waals surface area (Å²) in [5, 5.41) is 5.27. The summed E-state index contributed by atoms with van der Waals surface area (Å²) in [6.07, 6.45) is 2.06. The van der Waals surface area contributed by atoms with E-state index in [4.69, 9.17) is 0 Å². The first-order valence-corrected chi connectivity index (χ1v) is 8.54. The molecule has 8 heteroatoms. The van der Waals surface area contributed by atoms with Gasteiger partial charge in [0.1, 0.15) is 5.75 Å². The molecule has 1 aromatic carbocycles. The van der Waals surface area contributed by atoms with Crippen molar-refractivity contribution in [1.82, 2.24) is 10.6 Å². The molecule has 1 aromatic rings. The Morgan fingerprint density at radius 1 is 1.36 bits per heavy atom. The van der Waals surface area contributed by atoms with Crippen molar-refractivity contribution in [1.29, 1.82) is 0 Å². The van der Waals surface area contributed by atoms with Crippen LogP contribution in [0.25, 0.3) is 0 Å². The van der Waals surface area contributed by atoms with E-state index in [0.29, 0.717) is 17.7 Å². The summed E-state index contributed by atoms with van der Waals surface area (Å²) < 4.78 is 40.2. The Hall–Kier alpha value is -1.70. The summed E-state index contributed by atoms with van der Waals surface area (Å²) in [6, 6.07) is 5.45. The lowest BCUT2D eigenvalue weighted by Crippen LogP contribution is -2.39. The van der Waals surface area contributed by atoms with Crippen molar-refractivity contribution in [2.75, 3.05) is 18.6 Å². The van der Waals surface area contributed by atoms with Crippen molar-refractivity contribution in [2.45, 2.75) is 26.0 Å². The van der Waals surface area contributed by atoms with E-state index in [0.717, 1.165) is 0 Å². The summed E-state index contributed by atoms with van der Waals surface area (Å²) in [5.41, 5.74) is 0.486. The number of halogens is 2. The zero-order chi connectivity index (χ0) is 16.5. The van der Waals surface area contributed by atoms with Gasteiger partial charge < -0.3 is 15.4 Å². The molecular formula is C14H20F2N2O3S. The van der Waals surface area contributed by atoms with Crippen LogP contribution in [0.3, 0.4) is 0 Å². The van der Waals surface area contributed by atoms with E-state index in [9.17, 15) is 17.8 Å². The molecule has 124 valence electrons. The average molecular weight is 334 g/mol. The van der Waals surface area contributed by atoms with Crippen LogP contribution in [0.2, 0.25) is 0 Å². The first-order chi connectivity index (χ1) is 10.4. The Bertz CT molecular complexity index is 515. The third-order valence-electron chi connectivity index (χ3n) is 2.90. The van der Waals surface area contributed by atoms with Gasteiger partial charge in [0.15, 0.2) is 0 Å². The molecule has 5 nitrogen and oxygen atoms in total. The van der Waals surface area contributed by atoms with Crippen LogP contribution < -0.4 is 15.4 Å². The average Bonchev–Trinajstić information content (AvgIpc) is 2.44. The quantitative estimate of drug-likeness (QED) is 0.767. The zero-order valence-corrected chi connectivity index (χ0v) is 13.3. The van der Waals surface area contributed by atoms with E-state index in [2.05, 4.69) is 15.4 Å². The fraction of sp³-hybridized carbons (Fsp3) is 0.500. The minimum absolute atomic E-state index is 0.0410. The van der Waals surface area contributed by atoms with Crippen LogP contribution in [0, 0.1) is 0 Å². The molecule has 0 unspecified atom stereocenters. The Morgan fingerprint density at radius 3 is 2.64 bits per heavy atom. The number of carbonyl (C=O) groups is 1. The predicted molar refractivity (Wildman–Crippen MR) is 81.6 cm³/mol. The van der Waals surface area contributed by atoms with Gasteiger partial charge in [-0.1, -0.05) is 25.1 Å². The monoisotopic (exact) mass is 334 g/mol. The van der Waals surface area contributed by atoms with Crippen LogP contribution in [0.1, 0.15) is 24.9 Å². The Labute approximate surface area is 130 Å². The van der Waals surface area contributed by atoms with Crippen LogP contribution in [0.5, 0.6) is 5.75 Å². The largest absolute Gasteiger partial charge is 0.434 e. The van der Waals surface area contributed by atoms with E-state index in [-0.39, 0.29) is 12.3 Å². The van der Waals surface area contributed by atoms with Crippen LogP contribution in [-0.4, -0.2) is 35.4 Å². The van der Waals surface area contributed by atoms with Crippen molar-refractivity contribution in [3.05, 3.63) is 29.8 Å². The zero-order valence-electron chi connectivity index (χ0n) is 12.5. The molecule has 0 aliphatic carbocycles. The van der Waals surface area contributed by atoms with Crippen LogP contribution in [0.4, 0.5) is 13.6 Å². The van der Waals surface area contributed by atoms with E-state index in [1.807, 2.05) is 6.92 Å². The van der Waals surface area contributed by atoms with Crippen molar-refractivity contribution >= 4 is 16.8 Å². The van der Waals surface area contributed by atoms with Crippen LogP contribution in [-0.2, 0) is 10.8 Å². The number of rotatable bonds is 8. The predicted octanol–water partition coefficient (Wildman–Crippen LogP) is 2.42. The summed E-state index contributed by atoms with van der Waals surface area (Å²) in [5.74, 6) is 0.397. The van der Waals surface area contributed by atoms with Gasteiger partial charge in [0.2, 0.25) is 0 Å². The molecule has 0 bridgehead atoms. The fourth-order valence-corrected chi connectivity index (χ4v) is 2.28. The molecule has 0 spiro atoms. The SMILES string of the molecule is CC[C@@H](NC(=O)NCC[S@](C)=O)c1ccccc1OC(F)F. The van der Waals surface area contributed by atoms with Crippen molar-refractivity contribution in [2.24, 2.45) is 0 Å². The van der Waals surface area contributed by atoms with Crippen molar-refractivity contribution in [3.8, 4) is 5.75 Å². The lowest BCUT2D eigenvalue weighted by atomic mass is 10.0. The van der Waals surface area contributed by atoms with Gasteiger partial charge in [-0.25, -0.2) is 4.79 Å². The number of para-hydroxylation sites is 1. The topological polar surface area (TPSA) is 67.4 Å². The number of hydrogen-bond donors (Lipinski definition) is 2. The minimum atomic E-state index is -2.92. The lowest BCUT2D eigenvalue weighted by molar-refractivity contribution is -0.0506. The highest BCUT2D eigenvalue weighted by Gasteiger charge is 2.18. The molecule has 0 aromatic heterocycles. The Balaban J connectivity index is 2.71. The van der Waals surface area contributed by atoms with E-state index in [1.165, 1.54) is 6.07 Å². The molecule has 0 saturated heterocycles. The maximum Gasteiger partial charge on any atom is 0.387 e. The van der Waals surface area contributed by atoms with Gasteiger partial charge in [0.05, 0.1) is 6.04 Å². The second-order valence-electron chi connectivity index (χ2n) is 4.55. The first kappa shape index (κ1) is 18.3. The first-order valence-electron chi connectivity index (χ1n) is 6.82. The van der Waals surface area contributed by atoms with Gasteiger partial charge in [0, 0.05) is 34.9 Å². The summed E-state index contributed by atoms with van der Waals surface area (Å²) >= 11 is 0.